The second-order valence-corrected chi connectivity index (χ2v) is 6.04. The van der Waals surface area contributed by atoms with Gasteiger partial charge in [0, 0.05) is 17.0 Å². The second kappa shape index (κ2) is 7.22. The van der Waals surface area contributed by atoms with Crippen LogP contribution in [0.25, 0.3) is 0 Å². The Kier molecular flexibility index (Phi) is 4.98. The van der Waals surface area contributed by atoms with Crippen LogP contribution in [0.4, 0.5) is 0 Å². The molecule has 8 nitrogen and oxygen atoms in total. The number of methoxy groups -OCH3 is 3. The molecule has 0 spiro atoms. The maximum atomic E-state index is 12.6. The van der Waals surface area contributed by atoms with Gasteiger partial charge in [-0.1, -0.05) is 6.07 Å². The molecule has 0 saturated heterocycles. The molecule has 0 bridgehead atoms. The van der Waals surface area contributed by atoms with Gasteiger partial charge in [-0.2, -0.15) is 0 Å². The number of benzene rings is 1. The van der Waals surface area contributed by atoms with E-state index < -0.39 is 17.9 Å². The van der Waals surface area contributed by atoms with Crippen LogP contribution in [0.2, 0.25) is 0 Å². The van der Waals surface area contributed by atoms with Crippen LogP contribution in [0.5, 0.6) is 17.2 Å². The normalized spacial score (nSPS) is 16.2. The van der Waals surface area contributed by atoms with Gasteiger partial charge in [-0.05, 0) is 19.9 Å². The Balaban J connectivity index is 2.27. The third-order valence-corrected chi connectivity index (χ3v) is 4.61. The zero-order valence-electron chi connectivity index (χ0n) is 15.8. The molecule has 1 aromatic carbocycles. The molecule has 0 unspecified atom stereocenters. The predicted molar refractivity (Wildman–Crippen MR) is 94.4 cm³/mol. The van der Waals surface area contributed by atoms with E-state index in [4.69, 9.17) is 23.7 Å². The number of fused-ring (bicyclic) bond motifs is 1. The number of hydrogen-bond acceptors (Lipinski definition) is 8. The van der Waals surface area contributed by atoms with E-state index in [1.165, 1.54) is 21.3 Å². The van der Waals surface area contributed by atoms with Crippen molar-refractivity contribution in [3.63, 3.8) is 0 Å². The lowest BCUT2D eigenvalue weighted by molar-refractivity contribution is -0.137. The van der Waals surface area contributed by atoms with E-state index in [1.807, 2.05) is 0 Å². The van der Waals surface area contributed by atoms with Gasteiger partial charge >= 0.3 is 11.9 Å². The van der Waals surface area contributed by atoms with Crippen molar-refractivity contribution in [1.82, 2.24) is 5.32 Å². The number of ether oxygens (including phenoxy) is 5. The van der Waals surface area contributed by atoms with Crippen molar-refractivity contribution >= 4 is 11.9 Å². The molecule has 2 heterocycles. The maximum Gasteiger partial charge on any atom is 0.336 e. The number of esters is 2. The summed E-state index contributed by atoms with van der Waals surface area (Å²) in [6.07, 6.45) is 0. The third kappa shape index (κ3) is 2.97. The quantitative estimate of drug-likeness (QED) is 0.799. The third-order valence-electron chi connectivity index (χ3n) is 4.61. The molecule has 0 aliphatic carbocycles. The summed E-state index contributed by atoms with van der Waals surface area (Å²) in [4.78, 5) is 25.1. The molecule has 0 radical (unpaired) electrons. The summed E-state index contributed by atoms with van der Waals surface area (Å²) < 4.78 is 26.4. The first-order valence-corrected chi connectivity index (χ1v) is 8.26. The van der Waals surface area contributed by atoms with E-state index in [1.54, 1.807) is 26.0 Å². The van der Waals surface area contributed by atoms with Crippen LogP contribution < -0.4 is 19.5 Å². The first-order valence-electron chi connectivity index (χ1n) is 8.26. The predicted octanol–water partition coefficient (Wildman–Crippen LogP) is 2.00. The van der Waals surface area contributed by atoms with E-state index in [9.17, 15) is 9.59 Å². The van der Waals surface area contributed by atoms with Crippen LogP contribution in [0, 0.1) is 0 Å². The number of rotatable bonds is 4. The lowest BCUT2D eigenvalue weighted by Crippen LogP contribution is -2.32. The highest BCUT2D eigenvalue weighted by Crippen LogP contribution is 2.50. The van der Waals surface area contributed by atoms with Crippen molar-refractivity contribution in [2.24, 2.45) is 0 Å². The summed E-state index contributed by atoms with van der Waals surface area (Å²) in [6.45, 7) is 3.51. The highest BCUT2D eigenvalue weighted by molar-refractivity contribution is 6.00. The van der Waals surface area contributed by atoms with Gasteiger partial charge in [0.2, 0.25) is 12.5 Å². The van der Waals surface area contributed by atoms with Gasteiger partial charge in [0.1, 0.15) is 0 Å². The first-order chi connectivity index (χ1) is 12.9. The van der Waals surface area contributed by atoms with E-state index in [0.29, 0.717) is 45.4 Å². The van der Waals surface area contributed by atoms with Crippen molar-refractivity contribution in [1.29, 1.82) is 0 Å². The SMILES string of the molecule is COC(=O)C1=C(C)NC(C)=C(C(=O)OC)C1c1ccc(OC)c2c1OCO2. The Bertz CT molecular complexity index is 831. The molecule has 2 aliphatic rings. The van der Waals surface area contributed by atoms with Crippen LogP contribution >= 0.6 is 0 Å². The number of nitrogens with one attached hydrogen (secondary N) is 1. The topological polar surface area (TPSA) is 92.3 Å². The van der Waals surface area contributed by atoms with Crippen molar-refractivity contribution in [3.8, 4) is 17.2 Å². The van der Waals surface area contributed by atoms with E-state index in [0.717, 1.165) is 0 Å². The molecular formula is C19H21NO7. The molecule has 0 atom stereocenters. The number of dihydropyridines is 1. The first kappa shape index (κ1) is 18.6. The summed E-state index contributed by atoms with van der Waals surface area (Å²) in [6, 6.07) is 3.45. The number of allylic oxidation sites excluding steroid dienone is 2. The lowest BCUT2D eigenvalue weighted by Gasteiger charge is -2.30. The van der Waals surface area contributed by atoms with E-state index in [2.05, 4.69) is 5.32 Å². The standard InChI is InChI=1S/C19H21NO7/c1-9-13(18(21)24-4)15(14(10(2)20-9)19(22)25-5)11-6-7-12(23-3)17-16(11)26-8-27-17/h6-7,15,20H,8H2,1-5H3. The highest BCUT2D eigenvalue weighted by Gasteiger charge is 2.40. The monoisotopic (exact) mass is 375 g/mol. The van der Waals surface area contributed by atoms with Gasteiger partial charge < -0.3 is 29.0 Å². The minimum Gasteiger partial charge on any atom is -0.493 e. The number of hydrogen-bond donors (Lipinski definition) is 1. The van der Waals surface area contributed by atoms with Gasteiger partial charge in [-0.25, -0.2) is 9.59 Å². The Morgan fingerprint density at radius 3 is 2.04 bits per heavy atom. The van der Waals surface area contributed by atoms with Crippen LogP contribution in [-0.2, 0) is 19.1 Å². The van der Waals surface area contributed by atoms with Crippen LogP contribution in [0.1, 0.15) is 25.3 Å². The average Bonchev–Trinajstić information content (AvgIpc) is 3.15. The van der Waals surface area contributed by atoms with Gasteiger partial charge in [-0.15, -0.1) is 0 Å². The summed E-state index contributed by atoms with van der Waals surface area (Å²) in [5.74, 6) is -0.500. The van der Waals surface area contributed by atoms with Crippen molar-refractivity contribution in [2.75, 3.05) is 28.1 Å². The Morgan fingerprint density at radius 2 is 1.52 bits per heavy atom. The molecule has 2 aliphatic heterocycles. The molecular weight excluding hydrogens is 354 g/mol. The summed E-state index contributed by atoms with van der Waals surface area (Å²) >= 11 is 0. The van der Waals surface area contributed by atoms with Gasteiger partial charge in [0.15, 0.2) is 11.5 Å². The van der Waals surface area contributed by atoms with Crippen molar-refractivity contribution < 1.29 is 33.3 Å². The van der Waals surface area contributed by atoms with E-state index >= 15 is 0 Å². The minimum atomic E-state index is -0.743. The Morgan fingerprint density at radius 1 is 0.963 bits per heavy atom. The molecule has 1 aromatic rings. The zero-order valence-corrected chi connectivity index (χ0v) is 15.8. The molecule has 0 saturated carbocycles. The molecule has 0 aromatic heterocycles. The van der Waals surface area contributed by atoms with Gasteiger partial charge in [-0.3, -0.25) is 0 Å². The van der Waals surface area contributed by atoms with Crippen molar-refractivity contribution in [2.45, 2.75) is 19.8 Å². The molecule has 1 N–H and O–H groups in total. The zero-order chi connectivity index (χ0) is 19.7. The molecule has 0 amide bonds. The lowest BCUT2D eigenvalue weighted by atomic mass is 9.80. The fourth-order valence-corrected chi connectivity index (χ4v) is 3.45. The molecule has 144 valence electrons. The van der Waals surface area contributed by atoms with Gasteiger partial charge in [0.25, 0.3) is 0 Å². The molecule has 8 heteroatoms. The van der Waals surface area contributed by atoms with Crippen molar-refractivity contribution in [3.05, 3.63) is 40.2 Å². The Hall–Kier alpha value is -3.16. The Labute approximate surface area is 156 Å². The smallest absolute Gasteiger partial charge is 0.336 e. The molecule has 27 heavy (non-hydrogen) atoms. The fourth-order valence-electron chi connectivity index (χ4n) is 3.45. The van der Waals surface area contributed by atoms with Gasteiger partial charge in [0.05, 0.1) is 38.4 Å². The summed E-state index contributed by atoms with van der Waals surface area (Å²) in [7, 11) is 4.11. The largest absolute Gasteiger partial charge is 0.493 e. The second-order valence-electron chi connectivity index (χ2n) is 6.04. The fraction of sp³-hybridized carbons (Fsp3) is 0.368. The van der Waals surface area contributed by atoms with Crippen LogP contribution in [-0.4, -0.2) is 40.1 Å². The maximum absolute atomic E-state index is 12.6. The molecule has 0 fully saturated rings. The number of carbonyl (C=O) groups is 2. The molecule has 3 rings (SSSR count). The summed E-state index contributed by atoms with van der Waals surface area (Å²) in [5, 5.41) is 3.06. The van der Waals surface area contributed by atoms with Crippen LogP contribution in [0.15, 0.2) is 34.7 Å². The minimum absolute atomic E-state index is 0.0141. The highest BCUT2D eigenvalue weighted by atomic mass is 16.7. The number of carbonyl (C=O) groups excluding carboxylic acids is 2. The van der Waals surface area contributed by atoms with Crippen LogP contribution in [0.3, 0.4) is 0 Å². The van der Waals surface area contributed by atoms with E-state index in [-0.39, 0.29) is 6.79 Å². The average molecular weight is 375 g/mol. The summed E-state index contributed by atoms with van der Waals surface area (Å²) in [5.41, 5.74) is 2.35.